The van der Waals surface area contributed by atoms with Gasteiger partial charge in [-0.3, -0.25) is 0 Å². The van der Waals surface area contributed by atoms with Crippen LogP contribution in [0.1, 0.15) is 17.2 Å². The number of hydrogen-bond donors (Lipinski definition) is 1. The van der Waals surface area contributed by atoms with Crippen molar-refractivity contribution >= 4 is 21.6 Å². The van der Waals surface area contributed by atoms with Crippen molar-refractivity contribution in [2.24, 2.45) is 0 Å². The van der Waals surface area contributed by atoms with Crippen LogP contribution in [-0.2, 0) is 4.74 Å². The molecule has 2 aromatic rings. The zero-order valence-corrected chi connectivity index (χ0v) is 12.7. The number of ether oxygens (including phenoxy) is 1. The molecule has 0 heterocycles. The fourth-order valence-electron chi connectivity index (χ4n) is 2.00. The highest BCUT2D eigenvalue weighted by atomic mass is 79.9. The van der Waals surface area contributed by atoms with E-state index in [1.165, 1.54) is 0 Å². The number of anilines is 1. The van der Waals surface area contributed by atoms with Crippen molar-refractivity contribution in [1.82, 2.24) is 0 Å². The van der Waals surface area contributed by atoms with E-state index in [4.69, 9.17) is 4.74 Å². The third kappa shape index (κ3) is 3.60. The van der Waals surface area contributed by atoms with Crippen molar-refractivity contribution in [1.29, 1.82) is 5.26 Å². The summed E-state index contributed by atoms with van der Waals surface area (Å²) in [6, 6.07) is 17.9. The number of nitrogens with zero attached hydrogens (tertiary/aromatic N) is 1. The molecule has 2 rings (SSSR count). The fraction of sp³-hybridized carbons (Fsp3) is 0.188. The zero-order valence-electron chi connectivity index (χ0n) is 11.1. The van der Waals surface area contributed by atoms with Gasteiger partial charge in [-0.25, -0.2) is 0 Å². The van der Waals surface area contributed by atoms with Gasteiger partial charge < -0.3 is 10.1 Å². The summed E-state index contributed by atoms with van der Waals surface area (Å²) in [6.07, 6.45) is 0. The first kappa shape index (κ1) is 14.6. The summed E-state index contributed by atoms with van der Waals surface area (Å²) in [5.41, 5.74) is 2.54. The largest absolute Gasteiger partial charge is 0.382 e. The number of hydrogen-bond acceptors (Lipinski definition) is 3. The molecule has 0 aromatic heterocycles. The van der Waals surface area contributed by atoms with Gasteiger partial charge in [0, 0.05) is 11.6 Å². The SMILES string of the molecule is COCC(Nc1ccc(Br)cc1C#N)c1ccccc1. The van der Waals surface area contributed by atoms with Crippen LogP contribution >= 0.6 is 15.9 Å². The van der Waals surface area contributed by atoms with E-state index in [0.29, 0.717) is 12.2 Å². The first-order chi connectivity index (χ1) is 9.74. The summed E-state index contributed by atoms with van der Waals surface area (Å²) >= 11 is 3.38. The van der Waals surface area contributed by atoms with Gasteiger partial charge in [0.1, 0.15) is 6.07 Å². The van der Waals surface area contributed by atoms with E-state index in [0.717, 1.165) is 15.7 Å². The predicted molar refractivity (Wildman–Crippen MR) is 83.5 cm³/mol. The molecule has 0 fully saturated rings. The summed E-state index contributed by atoms with van der Waals surface area (Å²) in [5, 5.41) is 12.6. The highest BCUT2D eigenvalue weighted by molar-refractivity contribution is 9.10. The Kier molecular flexibility index (Phi) is 5.16. The van der Waals surface area contributed by atoms with Crippen molar-refractivity contribution < 1.29 is 4.74 Å². The molecular formula is C16H15BrN2O. The number of rotatable bonds is 5. The zero-order chi connectivity index (χ0) is 14.4. The molecule has 0 aliphatic rings. The average Bonchev–Trinajstić information content (AvgIpc) is 2.49. The molecule has 0 saturated heterocycles. The maximum atomic E-state index is 9.21. The third-order valence-corrected chi connectivity index (χ3v) is 3.46. The molecule has 0 bridgehead atoms. The summed E-state index contributed by atoms with van der Waals surface area (Å²) in [4.78, 5) is 0. The van der Waals surface area contributed by atoms with Crippen LogP contribution in [0.5, 0.6) is 0 Å². The van der Waals surface area contributed by atoms with E-state index >= 15 is 0 Å². The van der Waals surface area contributed by atoms with Crippen molar-refractivity contribution in [3.05, 3.63) is 64.1 Å². The minimum Gasteiger partial charge on any atom is -0.382 e. The predicted octanol–water partition coefficient (Wildman–Crippen LogP) is 4.12. The standard InChI is InChI=1S/C16H15BrN2O/c1-20-11-16(12-5-3-2-4-6-12)19-15-8-7-14(17)9-13(15)10-18/h2-9,16,19H,11H2,1H3. The molecule has 4 heteroatoms. The number of nitrogens with one attached hydrogen (secondary N) is 1. The lowest BCUT2D eigenvalue weighted by atomic mass is 10.1. The summed E-state index contributed by atoms with van der Waals surface area (Å²) in [7, 11) is 1.67. The maximum absolute atomic E-state index is 9.21. The molecule has 20 heavy (non-hydrogen) atoms. The van der Waals surface area contributed by atoms with E-state index in [2.05, 4.69) is 27.3 Å². The van der Waals surface area contributed by atoms with Crippen molar-refractivity contribution in [3.8, 4) is 6.07 Å². The van der Waals surface area contributed by atoms with E-state index in [-0.39, 0.29) is 6.04 Å². The van der Waals surface area contributed by atoms with Crippen LogP contribution in [0.4, 0.5) is 5.69 Å². The smallest absolute Gasteiger partial charge is 0.101 e. The lowest BCUT2D eigenvalue weighted by Gasteiger charge is -2.20. The van der Waals surface area contributed by atoms with Crippen molar-refractivity contribution in [2.45, 2.75) is 6.04 Å². The lowest BCUT2D eigenvalue weighted by Crippen LogP contribution is -2.16. The van der Waals surface area contributed by atoms with Gasteiger partial charge in [0.15, 0.2) is 0 Å². The van der Waals surface area contributed by atoms with Gasteiger partial charge in [0.2, 0.25) is 0 Å². The number of halogens is 1. The van der Waals surface area contributed by atoms with E-state index in [1.807, 2.05) is 42.5 Å². The van der Waals surface area contributed by atoms with Crippen LogP contribution < -0.4 is 5.32 Å². The second kappa shape index (κ2) is 7.09. The topological polar surface area (TPSA) is 45.0 Å². The molecule has 0 saturated carbocycles. The van der Waals surface area contributed by atoms with Crippen molar-refractivity contribution in [2.75, 3.05) is 19.0 Å². The van der Waals surface area contributed by atoms with Crippen LogP contribution in [-0.4, -0.2) is 13.7 Å². The van der Waals surface area contributed by atoms with Gasteiger partial charge in [0.05, 0.1) is 23.9 Å². The van der Waals surface area contributed by atoms with Gasteiger partial charge in [-0.15, -0.1) is 0 Å². The van der Waals surface area contributed by atoms with Crippen LogP contribution in [0, 0.1) is 11.3 Å². The molecule has 0 radical (unpaired) electrons. The molecule has 1 unspecified atom stereocenters. The van der Waals surface area contributed by atoms with Crippen LogP contribution in [0.25, 0.3) is 0 Å². The molecule has 1 N–H and O–H groups in total. The van der Waals surface area contributed by atoms with Crippen LogP contribution in [0.2, 0.25) is 0 Å². The van der Waals surface area contributed by atoms with Crippen LogP contribution in [0.15, 0.2) is 53.0 Å². The van der Waals surface area contributed by atoms with Gasteiger partial charge in [-0.05, 0) is 23.8 Å². The highest BCUT2D eigenvalue weighted by Gasteiger charge is 2.13. The van der Waals surface area contributed by atoms with E-state index in [9.17, 15) is 5.26 Å². The monoisotopic (exact) mass is 330 g/mol. The minimum atomic E-state index is 0.00877. The molecule has 0 aliphatic heterocycles. The molecule has 102 valence electrons. The Morgan fingerprint density at radius 2 is 2.00 bits per heavy atom. The second-order valence-corrected chi connectivity index (χ2v) is 5.28. The van der Waals surface area contributed by atoms with E-state index < -0.39 is 0 Å². The quantitative estimate of drug-likeness (QED) is 0.896. The van der Waals surface area contributed by atoms with Crippen molar-refractivity contribution in [3.63, 3.8) is 0 Å². The summed E-state index contributed by atoms with van der Waals surface area (Å²) < 4.78 is 6.16. The van der Waals surface area contributed by atoms with E-state index in [1.54, 1.807) is 13.2 Å². The first-order valence-corrected chi connectivity index (χ1v) is 7.04. The Hall–Kier alpha value is -1.83. The Bertz CT molecular complexity index is 608. The average molecular weight is 331 g/mol. The van der Waals surface area contributed by atoms with Crippen LogP contribution in [0.3, 0.4) is 0 Å². The molecule has 1 atom stereocenters. The molecule has 0 spiro atoms. The first-order valence-electron chi connectivity index (χ1n) is 6.24. The fourth-order valence-corrected chi connectivity index (χ4v) is 2.36. The van der Waals surface area contributed by atoms with Gasteiger partial charge in [-0.1, -0.05) is 46.3 Å². The normalized spacial score (nSPS) is 11.7. The number of nitriles is 1. The molecule has 0 aliphatic carbocycles. The Balaban J connectivity index is 2.27. The molecule has 2 aromatic carbocycles. The number of methoxy groups -OCH3 is 1. The molecule has 3 nitrogen and oxygen atoms in total. The Labute approximate surface area is 127 Å². The second-order valence-electron chi connectivity index (χ2n) is 4.36. The number of benzene rings is 2. The molecule has 0 amide bonds. The highest BCUT2D eigenvalue weighted by Crippen LogP contribution is 2.25. The Morgan fingerprint density at radius 3 is 2.65 bits per heavy atom. The minimum absolute atomic E-state index is 0.00877. The summed E-state index contributed by atoms with van der Waals surface area (Å²) in [5.74, 6) is 0. The molecular weight excluding hydrogens is 316 g/mol. The summed E-state index contributed by atoms with van der Waals surface area (Å²) in [6.45, 7) is 0.533. The van der Waals surface area contributed by atoms with Gasteiger partial charge >= 0.3 is 0 Å². The van der Waals surface area contributed by atoms with Gasteiger partial charge in [-0.2, -0.15) is 5.26 Å². The Morgan fingerprint density at radius 1 is 1.25 bits per heavy atom. The lowest BCUT2D eigenvalue weighted by molar-refractivity contribution is 0.186. The maximum Gasteiger partial charge on any atom is 0.101 e. The van der Waals surface area contributed by atoms with Gasteiger partial charge in [0.25, 0.3) is 0 Å². The third-order valence-electron chi connectivity index (χ3n) is 2.97.